The fourth-order valence-electron chi connectivity index (χ4n) is 2.64. The Hall–Kier alpha value is -0.0500. The zero-order valence-corrected chi connectivity index (χ0v) is 10.4. The van der Waals surface area contributed by atoms with Crippen LogP contribution in [0.3, 0.4) is 0 Å². The van der Waals surface area contributed by atoms with Gasteiger partial charge in [0.1, 0.15) is 0 Å². The SMILES string of the molecule is CCc1ccc(C(Cl)C2C3COCC32)s1. The van der Waals surface area contributed by atoms with Crippen LogP contribution in [0.4, 0.5) is 0 Å². The summed E-state index contributed by atoms with van der Waals surface area (Å²) in [5.41, 5.74) is 0. The molecule has 1 saturated heterocycles. The van der Waals surface area contributed by atoms with Crippen LogP contribution in [0.25, 0.3) is 0 Å². The predicted molar refractivity (Wildman–Crippen MR) is 63.6 cm³/mol. The van der Waals surface area contributed by atoms with Gasteiger partial charge in [0.25, 0.3) is 0 Å². The van der Waals surface area contributed by atoms with Crippen LogP contribution in [0, 0.1) is 17.8 Å². The van der Waals surface area contributed by atoms with Gasteiger partial charge in [0.15, 0.2) is 0 Å². The maximum absolute atomic E-state index is 6.53. The van der Waals surface area contributed by atoms with E-state index in [0.29, 0.717) is 5.92 Å². The second-order valence-corrected chi connectivity index (χ2v) is 6.17. The molecule has 2 heterocycles. The fraction of sp³-hybridized carbons (Fsp3) is 0.667. The summed E-state index contributed by atoms with van der Waals surface area (Å²) < 4.78 is 5.39. The Kier molecular flexibility index (Phi) is 2.54. The third-order valence-corrected chi connectivity index (χ3v) is 5.63. The van der Waals surface area contributed by atoms with Gasteiger partial charge in [0.05, 0.1) is 18.6 Å². The molecule has 0 N–H and O–H groups in total. The van der Waals surface area contributed by atoms with E-state index in [4.69, 9.17) is 16.3 Å². The van der Waals surface area contributed by atoms with Gasteiger partial charge in [0.2, 0.25) is 0 Å². The summed E-state index contributed by atoms with van der Waals surface area (Å²) >= 11 is 8.41. The van der Waals surface area contributed by atoms with Gasteiger partial charge in [0, 0.05) is 9.75 Å². The molecule has 1 aliphatic heterocycles. The molecule has 3 rings (SSSR count). The van der Waals surface area contributed by atoms with Crippen molar-refractivity contribution < 1.29 is 4.74 Å². The Morgan fingerprint density at radius 3 is 2.80 bits per heavy atom. The minimum atomic E-state index is 0.231. The van der Waals surface area contributed by atoms with E-state index in [2.05, 4.69) is 19.1 Å². The van der Waals surface area contributed by atoms with Crippen molar-refractivity contribution >= 4 is 22.9 Å². The highest BCUT2D eigenvalue weighted by Gasteiger charge is 2.57. The zero-order chi connectivity index (χ0) is 10.4. The van der Waals surface area contributed by atoms with Gasteiger partial charge in [-0.1, -0.05) is 6.92 Å². The first-order valence-corrected chi connectivity index (χ1v) is 6.87. The summed E-state index contributed by atoms with van der Waals surface area (Å²) in [6.45, 7) is 4.06. The Morgan fingerprint density at radius 1 is 1.47 bits per heavy atom. The first-order chi connectivity index (χ1) is 7.31. The highest BCUT2D eigenvalue weighted by atomic mass is 35.5. The second-order valence-electron chi connectivity index (χ2n) is 4.50. The molecule has 0 amide bonds. The maximum atomic E-state index is 6.53. The number of hydrogen-bond donors (Lipinski definition) is 0. The van der Waals surface area contributed by atoms with E-state index in [-0.39, 0.29) is 5.38 Å². The molecule has 0 spiro atoms. The monoisotopic (exact) mass is 242 g/mol. The topological polar surface area (TPSA) is 9.23 Å². The van der Waals surface area contributed by atoms with Gasteiger partial charge in [-0.05, 0) is 36.3 Å². The van der Waals surface area contributed by atoms with Crippen molar-refractivity contribution in [3.63, 3.8) is 0 Å². The number of halogens is 1. The normalized spacial score (nSPS) is 35.2. The number of rotatable bonds is 3. The first kappa shape index (κ1) is 10.1. The summed E-state index contributed by atoms with van der Waals surface area (Å²) in [6.07, 6.45) is 1.12. The van der Waals surface area contributed by atoms with Crippen molar-refractivity contribution in [3.8, 4) is 0 Å². The van der Waals surface area contributed by atoms with Crippen molar-refractivity contribution in [3.05, 3.63) is 21.9 Å². The van der Waals surface area contributed by atoms with E-state index < -0.39 is 0 Å². The molecule has 2 fully saturated rings. The van der Waals surface area contributed by atoms with Crippen molar-refractivity contribution in [2.24, 2.45) is 17.8 Å². The van der Waals surface area contributed by atoms with Crippen LogP contribution in [0.5, 0.6) is 0 Å². The second kappa shape index (κ2) is 3.76. The van der Waals surface area contributed by atoms with Gasteiger partial charge >= 0.3 is 0 Å². The summed E-state index contributed by atoms with van der Waals surface area (Å²) in [4.78, 5) is 2.80. The van der Waals surface area contributed by atoms with Crippen LogP contribution in [-0.4, -0.2) is 13.2 Å². The van der Waals surface area contributed by atoms with Crippen molar-refractivity contribution in [1.29, 1.82) is 0 Å². The third kappa shape index (κ3) is 1.63. The third-order valence-electron chi connectivity index (χ3n) is 3.66. The minimum absolute atomic E-state index is 0.231. The molecule has 1 saturated carbocycles. The molecule has 3 heteroatoms. The predicted octanol–water partition coefficient (Wildman–Crippen LogP) is 3.48. The van der Waals surface area contributed by atoms with E-state index in [1.807, 2.05) is 11.3 Å². The van der Waals surface area contributed by atoms with E-state index >= 15 is 0 Å². The van der Waals surface area contributed by atoms with Gasteiger partial charge in [-0.25, -0.2) is 0 Å². The number of fused-ring (bicyclic) bond motifs is 1. The number of aryl methyl sites for hydroxylation is 1. The number of ether oxygens (including phenoxy) is 1. The van der Waals surface area contributed by atoms with Gasteiger partial charge in [-0.2, -0.15) is 0 Å². The molecule has 3 unspecified atom stereocenters. The molecule has 15 heavy (non-hydrogen) atoms. The highest BCUT2D eigenvalue weighted by Crippen LogP contribution is 2.59. The van der Waals surface area contributed by atoms with Gasteiger partial charge in [-0.15, -0.1) is 22.9 Å². The summed E-state index contributed by atoms with van der Waals surface area (Å²) in [7, 11) is 0. The van der Waals surface area contributed by atoms with Gasteiger partial charge < -0.3 is 4.74 Å². The van der Waals surface area contributed by atoms with E-state index in [1.165, 1.54) is 9.75 Å². The van der Waals surface area contributed by atoms with Crippen molar-refractivity contribution in [2.75, 3.05) is 13.2 Å². The fourth-order valence-corrected chi connectivity index (χ4v) is 4.21. The van der Waals surface area contributed by atoms with Crippen LogP contribution < -0.4 is 0 Å². The van der Waals surface area contributed by atoms with E-state index in [1.54, 1.807) is 0 Å². The van der Waals surface area contributed by atoms with E-state index in [0.717, 1.165) is 31.5 Å². The van der Waals surface area contributed by atoms with Crippen LogP contribution in [0.15, 0.2) is 12.1 Å². The zero-order valence-electron chi connectivity index (χ0n) is 8.78. The Balaban J connectivity index is 1.72. The molecule has 82 valence electrons. The minimum Gasteiger partial charge on any atom is -0.381 e. The Morgan fingerprint density at radius 2 is 2.20 bits per heavy atom. The first-order valence-electron chi connectivity index (χ1n) is 5.61. The van der Waals surface area contributed by atoms with Crippen LogP contribution in [0.1, 0.15) is 22.1 Å². The molecule has 1 aromatic heterocycles. The standard InChI is InChI=1S/C12H15ClOS/c1-2-7-3-4-10(15-7)12(13)11-8-5-14-6-9(8)11/h3-4,8-9,11-12H,2,5-6H2,1H3. The molecule has 2 aliphatic rings. The largest absolute Gasteiger partial charge is 0.381 e. The highest BCUT2D eigenvalue weighted by molar-refractivity contribution is 7.12. The lowest BCUT2D eigenvalue weighted by Gasteiger charge is -2.09. The summed E-state index contributed by atoms with van der Waals surface area (Å²) in [5, 5.41) is 0.231. The smallest absolute Gasteiger partial charge is 0.0714 e. The van der Waals surface area contributed by atoms with Crippen LogP contribution in [0.2, 0.25) is 0 Å². The van der Waals surface area contributed by atoms with Crippen LogP contribution in [-0.2, 0) is 11.2 Å². The van der Waals surface area contributed by atoms with Crippen molar-refractivity contribution in [1.82, 2.24) is 0 Å². The number of hydrogen-bond acceptors (Lipinski definition) is 2. The molecule has 0 aromatic carbocycles. The summed E-state index contributed by atoms with van der Waals surface area (Å²) in [5.74, 6) is 2.18. The van der Waals surface area contributed by atoms with E-state index in [9.17, 15) is 0 Å². The molecular formula is C12H15ClOS. The Bertz CT molecular complexity index is 352. The summed E-state index contributed by atoms with van der Waals surface area (Å²) in [6, 6.07) is 4.42. The average Bonchev–Trinajstić information content (AvgIpc) is 2.73. The Labute approximate surface area is 99.4 Å². The molecule has 1 aliphatic carbocycles. The molecular weight excluding hydrogens is 228 g/mol. The lowest BCUT2D eigenvalue weighted by atomic mass is 10.2. The molecule has 3 atom stereocenters. The van der Waals surface area contributed by atoms with Gasteiger partial charge in [-0.3, -0.25) is 0 Å². The lowest BCUT2D eigenvalue weighted by Crippen LogP contribution is -2.02. The lowest BCUT2D eigenvalue weighted by molar-refractivity contribution is 0.150. The average molecular weight is 243 g/mol. The molecule has 0 bridgehead atoms. The number of alkyl halides is 1. The molecule has 1 aromatic rings. The molecule has 0 radical (unpaired) electrons. The van der Waals surface area contributed by atoms with Crippen LogP contribution >= 0.6 is 22.9 Å². The van der Waals surface area contributed by atoms with Crippen molar-refractivity contribution in [2.45, 2.75) is 18.7 Å². The quantitative estimate of drug-likeness (QED) is 0.738. The number of thiophene rings is 1. The molecule has 1 nitrogen and oxygen atoms in total. The maximum Gasteiger partial charge on any atom is 0.0714 e.